The Bertz CT molecular complexity index is 1890. The lowest BCUT2D eigenvalue weighted by atomic mass is 9.82. The van der Waals surface area contributed by atoms with Crippen LogP contribution in [-0.2, 0) is 6.42 Å². The van der Waals surface area contributed by atoms with Crippen LogP contribution in [0.2, 0.25) is 0 Å². The third-order valence-corrected chi connectivity index (χ3v) is 8.22. The summed E-state index contributed by atoms with van der Waals surface area (Å²) in [4.78, 5) is 52.2. The third kappa shape index (κ3) is 3.81. The Hall–Kier alpha value is -4.76. The van der Waals surface area contributed by atoms with E-state index >= 15 is 0 Å². The van der Waals surface area contributed by atoms with Crippen molar-refractivity contribution in [1.29, 1.82) is 0 Å². The fourth-order valence-corrected chi connectivity index (χ4v) is 6.50. The van der Waals surface area contributed by atoms with E-state index in [2.05, 4.69) is 4.90 Å². The molecule has 0 aliphatic carbocycles. The molecular formula is C31H27N3O6. The van der Waals surface area contributed by atoms with Gasteiger partial charge in [0.05, 0.1) is 11.1 Å². The van der Waals surface area contributed by atoms with Crippen LogP contribution in [0.25, 0.3) is 43.1 Å². The number of carbonyl (C=O) groups excluding carboxylic acids is 2. The minimum Gasteiger partial charge on any atom is -0.478 e. The van der Waals surface area contributed by atoms with Crippen molar-refractivity contribution >= 4 is 66.8 Å². The summed E-state index contributed by atoms with van der Waals surface area (Å²) in [6, 6.07) is 11.1. The first-order valence-electron chi connectivity index (χ1n) is 13.2. The number of nitrogens with zero attached hydrogens (tertiary/aromatic N) is 1. The normalized spacial score (nSPS) is 14.4. The maximum absolute atomic E-state index is 12.8. The first kappa shape index (κ1) is 25.5. The number of carboxylic acids is 2. The van der Waals surface area contributed by atoms with Gasteiger partial charge in [-0.15, -0.1) is 0 Å². The number of carbonyl (C=O) groups is 4. The number of hydrogen-bond donors (Lipinski definition) is 4. The number of piperidine rings is 1. The molecule has 1 aliphatic rings. The number of benzene rings is 5. The van der Waals surface area contributed by atoms with Gasteiger partial charge in [-0.25, -0.2) is 9.59 Å². The molecule has 0 bridgehead atoms. The minimum absolute atomic E-state index is 0.116. The molecule has 0 atom stereocenters. The van der Waals surface area contributed by atoms with E-state index in [1.54, 1.807) is 24.3 Å². The van der Waals surface area contributed by atoms with Gasteiger partial charge in [0, 0.05) is 28.4 Å². The molecule has 1 fully saturated rings. The number of aromatic carboxylic acids is 2. The molecule has 2 amide bonds. The molecule has 1 aliphatic heterocycles. The van der Waals surface area contributed by atoms with E-state index in [0.717, 1.165) is 43.4 Å². The lowest BCUT2D eigenvalue weighted by Crippen LogP contribution is -2.31. The molecule has 0 saturated carbocycles. The van der Waals surface area contributed by atoms with Crippen molar-refractivity contribution < 1.29 is 29.4 Å². The molecule has 6 rings (SSSR count). The highest BCUT2D eigenvalue weighted by Gasteiger charge is 2.26. The van der Waals surface area contributed by atoms with Crippen molar-refractivity contribution in [1.82, 2.24) is 4.90 Å². The van der Waals surface area contributed by atoms with Crippen LogP contribution in [0.3, 0.4) is 0 Å². The molecular weight excluding hydrogens is 510 g/mol. The number of carboxylic acid groups (broad SMARTS) is 2. The van der Waals surface area contributed by atoms with E-state index in [9.17, 15) is 29.4 Å². The van der Waals surface area contributed by atoms with Crippen molar-refractivity contribution in [2.45, 2.75) is 25.7 Å². The van der Waals surface area contributed by atoms with Crippen LogP contribution >= 0.6 is 0 Å². The smallest absolute Gasteiger partial charge is 0.336 e. The Kier molecular flexibility index (Phi) is 6.03. The predicted octanol–water partition coefficient (Wildman–Crippen LogP) is 4.36. The van der Waals surface area contributed by atoms with Crippen molar-refractivity contribution in [3.8, 4) is 0 Å². The highest BCUT2D eigenvalue weighted by Crippen LogP contribution is 2.45. The summed E-state index contributed by atoms with van der Waals surface area (Å²) < 4.78 is 0. The van der Waals surface area contributed by atoms with E-state index in [-0.39, 0.29) is 27.6 Å². The zero-order valence-electron chi connectivity index (χ0n) is 21.6. The summed E-state index contributed by atoms with van der Waals surface area (Å²) >= 11 is 0. The first-order valence-corrected chi connectivity index (χ1v) is 13.2. The number of rotatable bonds is 7. The van der Waals surface area contributed by atoms with Gasteiger partial charge in [0.1, 0.15) is 0 Å². The lowest BCUT2D eigenvalue weighted by Gasteiger charge is -2.27. The summed E-state index contributed by atoms with van der Waals surface area (Å²) in [6.07, 6.45) is 4.00. The predicted molar refractivity (Wildman–Crippen MR) is 153 cm³/mol. The number of likely N-dealkylation sites (tertiary alicyclic amines) is 1. The van der Waals surface area contributed by atoms with Crippen LogP contribution in [0.15, 0.2) is 42.5 Å². The first-order chi connectivity index (χ1) is 19.2. The molecule has 6 N–H and O–H groups in total. The summed E-state index contributed by atoms with van der Waals surface area (Å²) in [5.41, 5.74) is 12.5. The van der Waals surface area contributed by atoms with E-state index in [1.165, 1.54) is 24.6 Å². The van der Waals surface area contributed by atoms with Crippen LogP contribution in [-0.4, -0.2) is 58.5 Å². The highest BCUT2D eigenvalue weighted by atomic mass is 16.4. The third-order valence-electron chi connectivity index (χ3n) is 8.22. The van der Waals surface area contributed by atoms with E-state index in [4.69, 9.17) is 11.5 Å². The molecule has 40 heavy (non-hydrogen) atoms. The highest BCUT2D eigenvalue weighted by molar-refractivity contribution is 6.38. The van der Waals surface area contributed by atoms with Gasteiger partial charge in [-0.05, 0) is 94.5 Å². The Labute approximate surface area is 228 Å². The molecule has 0 radical (unpaired) electrons. The molecule has 9 nitrogen and oxygen atoms in total. The Balaban J connectivity index is 1.82. The fourth-order valence-electron chi connectivity index (χ4n) is 6.50. The second-order valence-corrected chi connectivity index (χ2v) is 10.4. The molecule has 5 aromatic carbocycles. The number of primary amides is 2. The molecule has 0 spiro atoms. The van der Waals surface area contributed by atoms with E-state index in [1.807, 2.05) is 0 Å². The van der Waals surface area contributed by atoms with Crippen molar-refractivity contribution in [2.24, 2.45) is 11.5 Å². The summed E-state index contributed by atoms with van der Waals surface area (Å²) in [5.74, 6) is -3.87. The van der Waals surface area contributed by atoms with Gasteiger partial charge in [-0.3, -0.25) is 9.59 Å². The average molecular weight is 538 g/mol. The van der Waals surface area contributed by atoms with Crippen LogP contribution in [0.5, 0.6) is 0 Å². The van der Waals surface area contributed by atoms with Crippen LogP contribution < -0.4 is 11.5 Å². The van der Waals surface area contributed by atoms with Crippen molar-refractivity contribution in [3.63, 3.8) is 0 Å². The number of nitrogens with two attached hydrogens (primary N) is 2. The topological polar surface area (TPSA) is 164 Å². The quantitative estimate of drug-likeness (QED) is 0.177. The van der Waals surface area contributed by atoms with Crippen LogP contribution in [0.4, 0.5) is 0 Å². The van der Waals surface area contributed by atoms with E-state index < -0.39 is 23.8 Å². The molecule has 1 saturated heterocycles. The van der Waals surface area contributed by atoms with Gasteiger partial charge in [-0.2, -0.15) is 0 Å². The maximum atomic E-state index is 12.8. The zero-order chi connectivity index (χ0) is 28.3. The molecule has 1 heterocycles. The Morgan fingerprint density at radius 2 is 1.15 bits per heavy atom. The van der Waals surface area contributed by atoms with E-state index in [0.29, 0.717) is 38.7 Å². The summed E-state index contributed by atoms with van der Waals surface area (Å²) in [5, 5.41) is 24.2. The summed E-state index contributed by atoms with van der Waals surface area (Å²) in [7, 11) is 0. The van der Waals surface area contributed by atoms with Crippen molar-refractivity contribution in [3.05, 3.63) is 70.3 Å². The maximum Gasteiger partial charge on any atom is 0.336 e. The van der Waals surface area contributed by atoms with Gasteiger partial charge < -0.3 is 26.6 Å². The van der Waals surface area contributed by atoms with Gasteiger partial charge in [0.2, 0.25) is 11.8 Å². The van der Waals surface area contributed by atoms with Gasteiger partial charge in [0.25, 0.3) is 0 Å². The molecule has 0 aromatic heterocycles. The second kappa shape index (κ2) is 9.46. The van der Waals surface area contributed by atoms with Crippen LogP contribution in [0, 0.1) is 0 Å². The average Bonchev–Trinajstić information content (AvgIpc) is 2.93. The lowest BCUT2D eigenvalue weighted by molar-refractivity contribution is 0.0695. The Morgan fingerprint density at radius 3 is 1.73 bits per heavy atom. The van der Waals surface area contributed by atoms with Crippen LogP contribution in [0.1, 0.15) is 66.3 Å². The van der Waals surface area contributed by atoms with Gasteiger partial charge in [0.15, 0.2) is 0 Å². The standard InChI is InChI=1S/C31H27N3O6/c32-28(35)19-7-4-17-16-5-8-20(30(37)38)26-21(31(39)40)9-6-18(24(16)26)23-15(10-13-34-11-2-1-3-12-34)14-22(29(33)36)25(19)27(17)23/h4-9,14H,1-3,10-13H2,(H2,32,35)(H2,33,36)(H,37,38)(H,39,40). The SMILES string of the molecule is NC(=O)c1ccc2c3ccc(C(=O)O)c4c(C(=O)O)ccc(c5c(CCN6CCCCC6)cc(C(N)=O)c1c25)c43. The number of fused-ring (bicyclic) bond motifs is 2. The van der Waals surface area contributed by atoms with Gasteiger partial charge in [-0.1, -0.05) is 24.6 Å². The second-order valence-electron chi connectivity index (χ2n) is 10.4. The van der Waals surface area contributed by atoms with Crippen molar-refractivity contribution in [2.75, 3.05) is 19.6 Å². The van der Waals surface area contributed by atoms with Gasteiger partial charge >= 0.3 is 11.9 Å². The largest absolute Gasteiger partial charge is 0.478 e. The zero-order valence-corrected chi connectivity index (χ0v) is 21.6. The monoisotopic (exact) mass is 537 g/mol. The molecule has 202 valence electrons. The number of hydrogen-bond acceptors (Lipinski definition) is 5. The fraction of sp³-hybridized carbons (Fsp3) is 0.226. The Morgan fingerprint density at radius 1 is 0.625 bits per heavy atom. The minimum atomic E-state index is -1.24. The molecule has 5 aromatic rings. The summed E-state index contributed by atoms with van der Waals surface area (Å²) in [6.45, 7) is 2.69. The molecule has 0 unspecified atom stereocenters. The molecule has 9 heteroatoms. The number of amides is 2.